The van der Waals surface area contributed by atoms with E-state index in [1.54, 1.807) is 6.92 Å². The van der Waals surface area contributed by atoms with Gasteiger partial charge in [-0.05, 0) is 35.7 Å². The topological polar surface area (TPSA) is 113 Å². The second-order valence-electron chi connectivity index (χ2n) is 10.2. The maximum Gasteiger partial charge on any atom is 0.534 e. The molecule has 8 nitrogen and oxygen atoms in total. The number of ketones is 1. The molecule has 1 saturated carbocycles. The van der Waals surface area contributed by atoms with E-state index in [1.165, 1.54) is 6.07 Å². The minimum Gasteiger partial charge on any atom is -0.466 e. The van der Waals surface area contributed by atoms with E-state index in [-0.39, 0.29) is 25.2 Å². The van der Waals surface area contributed by atoms with Crippen LogP contribution < -0.4 is 4.18 Å². The predicted molar refractivity (Wildman–Crippen MR) is 124 cm³/mol. The van der Waals surface area contributed by atoms with Gasteiger partial charge in [-0.25, -0.2) is 0 Å². The van der Waals surface area contributed by atoms with Gasteiger partial charge >= 0.3 is 27.6 Å². The highest BCUT2D eigenvalue weighted by molar-refractivity contribution is 7.88. The molecule has 200 valence electrons. The SMILES string of the molecule is CCCOC(=O)C1C2C(=O)CC(c3ccc(OS(=O)(=O)C(F)(F)F)cc32)C1C(=O)OCC[Si](C)(C)C. The molecule has 2 bridgehead atoms. The number of carbonyl (C=O) groups excluding carboxylic acids is 3. The Morgan fingerprint density at radius 3 is 2.22 bits per heavy atom. The fraction of sp³-hybridized carbons (Fsp3) is 0.609. The maximum absolute atomic E-state index is 13.2. The molecular weight excluding hydrogens is 521 g/mol. The molecule has 1 aromatic carbocycles. The van der Waals surface area contributed by atoms with Gasteiger partial charge in [-0.3, -0.25) is 14.4 Å². The Morgan fingerprint density at radius 1 is 1.03 bits per heavy atom. The number of hydrogen-bond donors (Lipinski definition) is 0. The number of carbonyl (C=O) groups is 3. The highest BCUT2D eigenvalue weighted by Gasteiger charge is 2.58. The molecule has 36 heavy (non-hydrogen) atoms. The zero-order valence-corrected chi connectivity index (χ0v) is 22.2. The summed E-state index contributed by atoms with van der Waals surface area (Å²) in [5.74, 6) is -6.72. The number of rotatable bonds is 9. The van der Waals surface area contributed by atoms with E-state index in [2.05, 4.69) is 23.8 Å². The molecule has 0 aromatic heterocycles. The first kappa shape index (κ1) is 28.2. The van der Waals surface area contributed by atoms with Crippen molar-refractivity contribution in [1.82, 2.24) is 0 Å². The van der Waals surface area contributed by atoms with Crippen LogP contribution in [0.4, 0.5) is 13.2 Å². The van der Waals surface area contributed by atoms with Crippen molar-refractivity contribution in [3.05, 3.63) is 29.3 Å². The van der Waals surface area contributed by atoms with Gasteiger partial charge in [0, 0.05) is 20.4 Å². The highest BCUT2D eigenvalue weighted by Crippen LogP contribution is 2.55. The summed E-state index contributed by atoms with van der Waals surface area (Å²) in [4.78, 5) is 39.2. The van der Waals surface area contributed by atoms with Crippen LogP contribution in [0.5, 0.6) is 5.75 Å². The van der Waals surface area contributed by atoms with E-state index >= 15 is 0 Å². The molecular formula is C23H29F3O8SSi. The van der Waals surface area contributed by atoms with Crippen LogP contribution >= 0.6 is 0 Å². The van der Waals surface area contributed by atoms with Crippen LogP contribution in [0.1, 0.15) is 42.7 Å². The summed E-state index contributed by atoms with van der Waals surface area (Å²) in [6.45, 7) is 8.33. The molecule has 4 atom stereocenters. The lowest BCUT2D eigenvalue weighted by molar-refractivity contribution is -0.167. The second kappa shape index (κ2) is 10.2. The number of esters is 2. The zero-order chi connectivity index (χ0) is 27.1. The van der Waals surface area contributed by atoms with Gasteiger partial charge in [0.05, 0.1) is 31.0 Å². The summed E-state index contributed by atoms with van der Waals surface area (Å²) in [6, 6.07) is 4.08. The van der Waals surface area contributed by atoms with E-state index in [0.29, 0.717) is 18.0 Å². The molecule has 13 heteroatoms. The van der Waals surface area contributed by atoms with Crippen LogP contribution in [-0.4, -0.2) is 52.9 Å². The Labute approximate surface area is 208 Å². The molecule has 4 rings (SSSR count). The third kappa shape index (κ3) is 5.77. The lowest BCUT2D eigenvalue weighted by atomic mass is 9.55. The largest absolute Gasteiger partial charge is 0.534 e. The fourth-order valence-corrected chi connectivity index (χ4v) is 5.80. The molecule has 0 radical (unpaired) electrons. The second-order valence-corrected chi connectivity index (χ2v) is 17.4. The molecule has 0 heterocycles. The normalized spacial score (nSPS) is 23.7. The monoisotopic (exact) mass is 550 g/mol. The molecule has 0 N–H and O–H groups in total. The van der Waals surface area contributed by atoms with Gasteiger partial charge in [0.15, 0.2) is 0 Å². The number of hydrogen-bond acceptors (Lipinski definition) is 8. The number of alkyl halides is 3. The average Bonchev–Trinajstić information content (AvgIpc) is 2.74. The summed E-state index contributed by atoms with van der Waals surface area (Å²) in [5, 5.41) is 0. The number of Topliss-reactive ketones (excluding diaryl/α,β-unsaturated/α-hetero) is 1. The van der Waals surface area contributed by atoms with Crippen molar-refractivity contribution in [2.75, 3.05) is 13.2 Å². The van der Waals surface area contributed by atoms with Crippen molar-refractivity contribution in [3.8, 4) is 5.75 Å². The number of benzene rings is 1. The Morgan fingerprint density at radius 2 is 1.64 bits per heavy atom. The van der Waals surface area contributed by atoms with Gasteiger partial charge in [-0.1, -0.05) is 32.6 Å². The maximum atomic E-state index is 13.2. The van der Waals surface area contributed by atoms with Gasteiger partial charge < -0.3 is 13.7 Å². The standard InChI is InChI=1S/C23H29F3O8SSi/c1-5-8-32-22(29)20-18-15-11-13(34-35(30,31)23(24,25)26)6-7-14(15)16(12-17(18)27)19(20)21(28)33-9-10-36(2,3)4/h6-7,11,16,18-20H,5,8-10,12H2,1-4H3. The average molecular weight is 551 g/mol. The first-order valence-corrected chi connectivity index (χ1v) is 16.7. The van der Waals surface area contributed by atoms with Crippen molar-refractivity contribution in [3.63, 3.8) is 0 Å². The number of halogens is 3. The Bertz CT molecular complexity index is 1140. The van der Waals surface area contributed by atoms with Gasteiger partial charge in [0.1, 0.15) is 11.5 Å². The van der Waals surface area contributed by atoms with Gasteiger partial charge in [0.25, 0.3) is 0 Å². The van der Waals surface area contributed by atoms with Crippen LogP contribution in [0, 0.1) is 11.8 Å². The minimum atomic E-state index is -5.94. The summed E-state index contributed by atoms with van der Waals surface area (Å²) in [6.07, 6.45) is 0.430. The minimum absolute atomic E-state index is 0.0537. The van der Waals surface area contributed by atoms with E-state index in [4.69, 9.17) is 9.47 Å². The first-order chi connectivity index (χ1) is 16.6. The lowest BCUT2D eigenvalue weighted by Gasteiger charge is -2.46. The first-order valence-electron chi connectivity index (χ1n) is 11.6. The van der Waals surface area contributed by atoms with E-state index in [1.807, 2.05) is 0 Å². The van der Waals surface area contributed by atoms with Gasteiger partial charge in [-0.15, -0.1) is 0 Å². The lowest BCUT2D eigenvalue weighted by Crippen LogP contribution is -2.50. The van der Waals surface area contributed by atoms with Gasteiger partial charge in [-0.2, -0.15) is 21.6 Å². The van der Waals surface area contributed by atoms with Crippen molar-refractivity contribution in [1.29, 1.82) is 0 Å². The van der Waals surface area contributed by atoms with Crippen molar-refractivity contribution < 1.29 is 49.6 Å². The molecule has 4 unspecified atom stereocenters. The van der Waals surface area contributed by atoms with Crippen LogP contribution in [0.3, 0.4) is 0 Å². The zero-order valence-electron chi connectivity index (χ0n) is 20.4. The van der Waals surface area contributed by atoms with Crippen molar-refractivity contribution >= 4 is 35.9 Å². The van der Waals surface area contributed by atoms with Crippen molar-refractivity contribution in [2.45, 2.75) is 62.8 Å². The van der Waals surface area contributed by atoms with Crippen LogP contribution in [0.25, 0.3) is 0 Å². The Hall–Kier alpha value is -2.41. The smallest absolute Gasteiger partial charge is 0.466 e. The Balaban J connectivity index is 2.00. The molecule has 3 aliphatic rings. The van der Waals surface area contributed by atoms with Crippen LogP contribution in [-0.2, 0) is 34.0 Å². The summed E-state index contributed by atoms with van der Waals surface area (Å²) >= 11 is 0. The summed E-state index contributed by atoms with van der Waals surface area (Å²) in [5.41, 5.74) is -5.03. The molecule has 0 spiro atoms. The molecule has 0 saturated heterocycles. The Kier molecular flexibility index (Phi) is 7.94. The van der Waals surface area contributed by atoms with Crippen molar-refractivity contribution in [2.24, 2.45) is 11.8 Å². The fourth-order valence-electron chi connectivity index (χ4n) is 4.63. The third-order valence-corrected chi connectivity index (χ3v) is 9.00. The van der Waals surface area contributed by atoms with Crippen LogP contribution in [0.2, 0.25) is 25.7 Å². The van der Waals surface area contributed by atoms with Gasteiger partial charge in [0.2, 0.25) is 0 Å². The molecule has 3 aliphatic carbocycles. The van der Waals surface area contributed by atoms with Crippen LogP contribution in [0.15, 0.2) is 18.2 Å². The quantitative estimate of drug-likeness (QED) is 0.195. The van der Waals surface area contributed by atoms with E-state index in [0.717, 1.165) is 12.1 Å². The number of fused-ring (bicyclic) bond motifs is 2. The highest BCUT2D eigenvalue weighted by atomic mass is 32.2. The predicted octanol–water partition coefficient (Wildman–Crippen LogP) is 4.14. The number of ether oxygens (including phenoxy) is 2. The molecule has 0 aliphatic heterocycles. The summed E-state index contributed by atoms with van der Waals surface area (Å²) < 4.78 is 76.3. The molecule has 1 fully saturated rings. The third-order valence-electron chi connectivity index (χ3n) is 6.32. The summed E-state index contributed by atoms with van der Waals surface area (Å²) in [7, 11) is -7.46. The molecule has 0 amide bonds. The molecule has 1 aromatic rings. The van der Waals surface area contributed by atoms with E-state index < -0.39 is 70.8 Å². The van der Waals surface area contributed by atoms with E-state index in [9.17, 15) is 36.0 Å².